The number of nitrogens with zero attached hydrogens (tertiary/aromatic N) is 3. The third-order valence-corrected chi connectivity index (χ3v) is 5.79. The molecule has 2 aromatic rings. The Morgan fingerprint density at radius 3 is 2.76 bits per heavy atom. The van der Waals surface area contributed by atoms with E-state index in [1.54, 1.807) is 0 Å². The Morgan fingerprint density at radius 2 is 1.95 bits per heavy atom. The quantitative estimate of drug-likeness (QED) is 0.926. The topological polar surface area (TPSA) is 42.7 Å². The highest BCUT2D eigenvalue weighted by Crippen LogP contribution is 2.35. The zero-order valence-corrected chi connectivity index (χ0v) is 13.1. The van der Waals surface area contributed by atoms with Crippen molar-refractivity contribution in [2.24, 2.45) is 0 Å². The molecule has 0 unspecified atom stereocenters. The number of rotatable bonds is 2. The van der Waals surface area contributed by atoms with E-state index in [9.17, 15) is 0 Å². The third-order valence-electron chi connectivity index (χ3n) is 4.74. The van der Waals surface area contributed by atoms with E-state index in [1.807, 2.05) is 12.3 Å². The first-order valence-electron chi connectivity index (χ1n) is 8.05. The van der Waals surface area contributed by atoms with Crippen LogP contribution in [0.1, 0.15) is 43.5 Å². The van der Waals surface area contributed by atoms with Crippen LogP contribution in [0, 0.1) is 0 Å². The zero-order valence-electron chi connectivity index (χ0n) is 12.3. The first-order valence-corrected chi connectivity index (χ1v) is 9.20. The Hall–Kier alpha value is -1.07. The van der Waals surface area contributed by atoms with E-state index in [4.69, 9.17) is 4.98 Å². The lowest BCUT2D eigenvalue weighted by Crippen LogP contribution is -2.29. The fraction of sp³-hybridized carbons (Fsp3) is 0.625. The van der Waals surface area contributed by atoms with Crippen LogP contribution in [0.15, 0.2) is 18.3 Å². The van der Waals surface area contributed by atoms with Gasteiger partial charge in [0.05, 0.1) is 0 Å². The van der Waals surface area contributed by atoms with Crippen molar-refractivity contribution in [3.05, 3.63) is 24.2 Å². The van der Waals surface area contributed by atoms with Gasteiger partial charge in [0.25, 0.3) is 0 Å². The summed E-state index contributed by atoms with van der Waals surface area (Å²) in [7, 11) is 0. The van der Waals surface area contributed by atoms with Crippen molar-refractivity contribution >= 4 is 22.9 Å². The minimum absolute atomic E-state index is 0.593. The number of imidazole rings is 1. The van der Waals surface area contributed by atoms with Gasteiger partial charge in [-0.15, -0.1) is 0 Å². The summed E-state index contributed by atoms with van der Waals surface area (Å²) in [6.07, 6.45) is 6.81. The minimum Gasteiger partial charge on any atom is -0.317 e. The van der Waals surface area contributed by atoms with Gasteiger partial charge in [0.2, 0.25) is 0 Å². The Morgan fingerprint density at radius 1 is 1.14 bits per heavy atom. The molecule has 2 aromatic heterocycles. The van der Waals surface area contributed by atoms with Gasteiger partial charge in [0.15, 0.2) is 5.65 Å². The predicted octanol–water partition coefficient (Wildman–Crippen LogP) is 2.97. The Kier molecular flexibility index (Phi) is 3.86. The normalized spacial score (nSPS) is 21.9. The first kappa shape index (κ1) is 13.6. The van der Waals surface area contributed by atoms with Gasteiger partial charge in [-0.05, 0) is 62.4 Å². The van der Waals surface area contributed by atoms with Crippen LogP contribution in [0.4, 0.5) is 0 Å². The molecule has 2 aliphatic rings. The molecule has 4 heterocycles. The van der Waals surface area contributed by atoms with Crippen LogP contribution >= 0.6 is 11.8 Å². The molecule has 2 fully saturated rings. The maximum Gasteiger partial charge on any atom is 0.160 e. The van der Waals surface area contributed by atoms with Crippen LogP contribution in [0.3, 0.4) is 0 Å². The van der Waals surface area contributed by atoms with Crippen LogP contribution in [0.5, 0.6) is 0 Å². The summed E-state index contributed by atoms with van der Waals surface area (Å²) < 4.78 is 2.49. The van der Waals surface area contributed by atoms with Crippen molar-refractivity contribution in [3.63, 3.8) is 0 Å². The largest absolute Gasteiger partial charge is 0.317 e. The number of aromatic nitrogens is 3. The number of nitrogens with one attached hydrogen (secondary N) is 1. The Balaban J connectivity index is 1.79. The summed E-state index contributed by atoms with van der Waals surface area (Å²) in [5.41, 5.74) is 2.17. The molecule has 5 heteroatoms. The van der Waals surface area contributed by atoms with Gasteiger partial charge < -0.3 is 9.88 Å². The second-order valence-electron chi connectivity index (χ2n) is 6.05. The molecule has 4 rings (SSSR count). The molecule has 4 nitrogen and oxygen atoms in total. The summed E-state index contributed by atoms with van der Waals surface area (Å²) in [6.45, 7) is 2.23. The highest BCUT2D eigenvalue weighted by molar-refractivity contribution is 7.99. The Bertz CT molecular complexity index is 612. The fourth-order valence-corrected chi connectivity index (χ4v) is 4.70. The molecule has 0 aromatic carbocycles. The second kappa shape index (κ2) is 5.97. The van der Waals surface area contributed by atoms with E-state index in [-0.39, 0.29) is 0 Å². The SMILES string of the molecule is c1cnc2c(c1)nc(C1CCNCC1)n2C1CCSCC1. The van der Waals surface area contributed by atoms with E-state index in [0.717, 1.165) is 24.3 Å². The molecule has 112 valence electrons. The van der Waals surface area contributed by atoms with Gasteiger partial charge in [-0.2, -0.15) is 11.8 Å². The van der Waals surface area contributed by atoms with Gasteiger partial charge in [-0.1, -0.05) is 0 Å². The molecule has 0 radical (unpaired) electrons. The molecule has 0 amide bonds. The molecular weight excluding hydrogens is 280 g/mol. The number of hydrogen-bond donors (Lipinski definition) is 1. The van der Waals surface area contributed by atoms with Crippen LogP contribution in [-0.4, -0.2) is 39.1 Å². The maximum atomic E-state index is 4.98. The zero-order chi connectivity index (χ0) is 14.1. The van der Waals surface area contributed by atoms with E-state index in [1.165, 1.54) is 43.0 Å². The van der Waals surface area contributed by atoms with Crippen LogP contribution in [0.25, 0.3) is 11.2 Å². The smallest absolute Gasteiger partial charge is 0.160 e. The highest BCUT2D eigenvalue weighted by Gasteiger charge is 2.27. The summed E-state index contributed by atoms with van der Waals surface area (Å²) in [5, 5.41) is 3.46. The lowest BCUT2D eigenvalue weighted by atomic mass is 9.96. The van der Waals surface area contributed by atoms with E-state index in [2.05, 4.69) is 32.7 Å². The van der Waals surface area contributed by atoms with E-state index in [0.29, 0.717) is 12.0 Å². The lowest BCUT2D eigenvalue weighted by Gasteiger charge is -2.29. The van der Waals surface area contributed by atoms with Crippen LogP contribution < -0.4 is 5.32 Å². The van der Waals surface area contributed by atoms with Crippen molar-refractivity contribution < 1.29 is 0 Å². The third kappa shape index (κ3) is 2.57. The van der Waals surface area contributed by atoms with Gasteiger partial charge in [0, 0.05) is 18.2 Å². The fourth-order valence-electron chi connectivity index (χ4n) is 3.62. The van der Waals surface area contributed by atoms with Gasteiger partial charge in [0.1, 0.15) is 11.3 Å². The monoisotopic (exact) mass is 302 g/mol. The molecule has 0 bridgehead atoms. The summed E-state index contributed by atoms with van der Waals surface area (Å²) in [4.78, 5) is 9.63. The maximum absolute atomic E-state index is 4.98. The van der Waals surface area contributed by atoms with Crippen molar-refractivity contribution in [2.45, 2.75) is 37.6 Å². The summed E-state index contributed by atoms with van der Waals surface area (Å²) in [6, 6.07) is 4.71. The van der Waals surface area contributed by atoms with Crippen molar-refractivity contribution in [3.8, 4) is 0 Å². The molecule has 0 spiro atoms. The number of piperidine rings is 1. The number of pyridine rings is 1. The van der Waals surface area contributed by atoms with Crippen molar-refractivity contribution in [2.75, 3.05) is 24.6 Å². The number of hydrogen-bond acceptors (Lipinski definition) is 4. The molecule has 2 aliphatic heterocycles. The van der Waals surface area contributed by atoms with Gasteiger partial charge in [-0.25, -0.2) is 9.97 Å². The van der Waals surface area contributed by atoms with Crippen LogP contribution in [0.2, 0.25) is 0 Å². The van der Waals surface area contributed by atoms with Crippen molar-refractivity contribution in [1.82, 2.24) is 19.9 Å². The lowest BCUT2D eigenvalue weighted by molar-refractivity contribution is 0.398. The van der Waals surface area contributed by atoms with E-state index >= 15 is 0 Å². The minimum atomic E-state index is 0.593. The molecule has 21 heavy (non-hydrogen) atoms. The highest BCUT2D eigenvalue weighted by atomic mass is 32.2. The molecule has 1 N–H and O–H groups in total. The first-order chi connectivity index (χ1) is 10.4. The average Bonchev–Trinajstić information content (AvgIpc) is 2.96. The molecule has 0 aliphatic carbocycles. The van der Waals surface area contributed by atoms with Gasteiger partial charge >= 0.3 is 0 Å². The van der Waals surface area contributed by atoms with Crippen molar-refractivity contribution in [1.29, 1.82) is 0 Å². The number of thioether (sulfide) groups is 1. The summed E-state index contributed by atoms with van der Waals surface area (Å²) >= 11 is 2.08. The van der Waals surface area contributed by atoms with E-state index < -0.39 is 0 Å². The molecule has 0 atom stereocenters. The number of fused-ring (bicyclic) bond motifs is 1. The molecule has 2 saturated heterocycles. The second-order valence-corrected chi connectivity index (χ2v) is 7.28. The molecular formula is C16H22N4S. The van der Waals surface area contributed by atoms with Crippen LogP contribution in [-0.2, 0) is 0 Å². The molecule has 0 saturated carbocycles. The Labute approximate surface area is 129 Å². The summed E-state index contributed by atoms with van der Waals surface area (Å²) in [5.74, 6) is 4.42. The standard InChI is InChI=1S/C16H22N4S/c1-2-14-16(18-7-1)20(13-5-10-21-11-6-13)15(19-14)12-3-8-17-9-4-12/h1-2,7,12-13,17H,3-6,8-11H2. The average molecular weight is 302 g/mol. The van der Waals surface area contributed by atoms with Gasteiger partial charge in [-0.3, -0.25) is 0 Å². The predicted molar refractivity (Wildman–Crippen MR) is 88.0 cm³/mol.